The summed E-state index contributed by atoms with van der Waals surface area (Å²) in [5.41, 5.74) is 1.51. The van der Waals surface area contributed by atoms with E-state index in [9.17, 15) is 13.2 Å². The largest absolute Gasteiger partial charge is 0.366 e. The Morgan fingerprint density at radius 3 is 2.21 bits per heavy atom. The Balaban J connectivity index is 1.71. The van der Waals surface area contributed by atoms with Crippen LogP contribution in [0, 0.1) is 0 Å². The number of aryl methyl sites for hydroxylation is 1. The minimum atomic E-state index is -3.53. The zero-order chi connectivity index (χ0) is 17.3. The van der Waals surface area contributed by atoms with Crippen molar-refractivity contribution in [2.75, 3.05) is 31.1 Å². The number of nitrogens with zero attached hydrogens (tertiary/aromatic N) is 4. The molecule has 24 heavy (non-hydrogen) atoms. The lowest BCUT2D eigenvalue weighted by Gasteiger charge is -2.34. The summed E-state index contributed by atoms with van der Waals surface area (Å²) in [6.07, 6.45) is 3.70. The Bertz CT molecular complexity index is 834. The first-order valence-electron chi connectivity index (χ1n) is 7.73. The Kier molecular flexibility index (Phi) is 4.42. The summed E-state index contributed by atoms with van der Waals surface area (Å²) in [4.78, 5) is 13.7. The fourth-order valence-corrected chi connectivity index (χ4v) is 4.19. The van der Waals surface area contributed by atoms with E-state index in [1.54, 1.807) is 23.0 Å². The number of hydrogen-bond donors (Lipinski definition) is 0. The van der Waals surface area contributed by atoms with Crippen LogP contribution in [0.25, 0.3) is 0 Å². The van der Waals surface area contributed by atoms with Crippen molar-refractivity contribution in [1.29, 1.82) is 0 Å². The first-order valence-corrected chi connectivity index (χ1v) is 9.17. The van der Waals surface area contributed by atoms with Gasteiger partial charge in [0, 0.05) is 45.0 Å². The number of anilines is 1. The predicted molar refractivity (Wildman–Crippen MR) is 90.6 cm³/mol. The molecular weight excluding hydrogens is 328 g/mol. The molecular formula is C16H20N4O3S. The van der Waals surface area contributed by atoms with Crippen LogP contribution in [0.5, 0.6) is 0 Å². The van der Waals surface area contributed by atoms with E-state index in [-0.39, 0.29) is 10.7 Å². The molecule has 1 aliphatic rings. The molecule has 0 N–H and O–H groups in total. The first kappa shape index (κ1) is 16.7. The molecule has 2 heterocycles. The first-order chi connectivity index (χ1) is 11.4. The summed E-state index contributed by atoms with van der Waals surface area (Å²) in [6.45, 7) is 3.55. The SMILES string of the molecule is CC(=O)c1ccc(S(=O)(=O)N2CCN(c3cnn(C)c3)CC2)cc1. The van der Waals surface area contributed by atoms with E-state index >= 15 is 0 Å². The molecule has 0 radical (unpaired) electrons. The molecule has 1 saturated heterocycles. The van der Waals surface area contributed by atoms with Gasteiger partial charge < -0.3 is 4.90 Å². The quantitative estimate of drug-likeness (QED) is 0.775. The number of piperazine rings is 1. The number of sulfonamides is 1. The summed E-state index contributed by atoms with van der Waals surface area (Å²) in [7, 11) is -1.67. The van der Waals surface area contributed by atoms with Gasteiger partial charge in [0.1, 0.15) is 0 Å². The molecule has 0 unspecified atom stereocenters. The van der Waals surface area contributed by atoms with Gasteiger partial charge in [-0.25, -0.2) is 8.42 Å². The van der Waals surface area contributed by atoms with Crippen LogP contribution in [0.1, 0.15) is 17.3 Å². The smallest absolute Gasteiger partial charge is 0.243 e. The highest BCUT2D eigenvalue weighted by atomic mass is 32.2. The molecule has 0 amide bonds. The zero-order valence-electron chi connectivity index (χ0n) is 13.7. The maximum absolute atomic E-state index is 12.7. The number of carbonyl (C=O) groups excluding carboxylic acids is 1. The Hall–Kier alpha value is -2.19. The second kappa shape index (κ2) is 6.37. The van der Waals surface area contributed by atoms with Crippen LogP contribution < -0.4 is 4.90 Å². The fourth-order valence-electron chi connectivity index (χ4n) is 2.77. The minimum absolute atomic E-state index is 0.0796. The van der Waals surface area contributed by atoms with E-state index in [1.807, 2.05) is 13.2 Å². The lowest BCUT2D eigenvalue weighted by Crippen LogP contribution is -2.48. The average Bonchev–Trinajstić information content (AvgIpc) is 3.01. The van der Waals surface area contributed by atoms with Crippen molar-refractivity contribution < 1.29 is 13.2 Å². The van der Waals surface area contributed by atoms with E-state index in [1.165, 1.54) is 23.4 Å². The lowest BCUT2D eigenvalue weighted by molar-refractivity contribution is 0.101. The third kappa shape index (κ3) is 3.20. The van der Waals surface area contributed by atoms with Gasteiger partial charge in [-0.2, -0.15) is 9.40 Å². The Morgan fingerprint density at radius 2 is 1.71 bits per heavy atom. The molecule has 0 bridgehead atoms. The van der Waals surface area contributed by atoms with Crippen LogP contribution in [-0.2, 0) is 17.1 Å². The molecule has 1 fully saturated rings. The molecule has 1 aliphatic heterocycles. The summed E-state index contributed by atoms with van der Waals surface area (Å²) in [5, 5.41) is 4.15. The Labute approximate surface area is 141 Å². The Morgan fingerprint density at radius 1 is 1.08 bits per heavy atom. The normalized spacial score (nSPS) is 16.3. The summed E-state index contributed by atoms with van der Waals surface area (Å²) < 4.78 is 28.7. The van der Waals surface area contributed by atoms with Crippen LogP contribution in [0.3, 0.4) is 0 Å². The van der Waals surface area contributed by atoms with Crippen LogP contribution in [0.15, 0.2) is 41.6 Å². The molecule has 1 aromatic carbocycles. The third-order valence-electron chi connectivity index (χ3n) is 4.19. The van der Waals surface area contributed by atoms with Crippen molar-refractivity contribution >= 4 is 21.5 Å². The van der Waals surface area contributed by atoms with Crippen LogP contribution in [-0.4, -0.2) is 54.5 Å². The number of carbonyl (C=O) groups is 1. The van der Waals surface area contributed by atoms with Crippen molar-refractivity contribution in [2.24, 2.45) is 7.05 Å². The zero-order valence-corrected chi connectivity index (χ0v) is 14.5. The molecule has 1 aromatic heterocycles. The predicted octanol–water partition coefficient (Wildman–Crippen LogP) is 1.13. The fraction of sp³-hybridized carbons (Fsp3) is 0.375. The molecule has 0 spiro atoms. The van der Waals surface area contributed by atoms with Crippen LogP contribution in [0.4, 0.5) is 5.69 Å². The molecule has 0 saturated carbocycles. The highest BCUT2D eigenvalue weighted by Gasteiger charge is 2.28. The van der Waals surface area contributed by atoms with Crippen LogP contribution in [0.2, 0.25) is 0 Å². The lowest BCUT2D eigenvalue weighted by atomic mass is 10.2. The van der Waals surface area contributed by atoms with Crippen molar-refractivity contribution in [3.8, 4) is 0 Å². The van der Waals surface area contributed by atoms with Gasteiger partial charge >= 0.3 is 0 Å². The van der Waals surface area contributed by atoms with Gasteiger partial charge in [0.25, 0.3) is 0 Å². The third-order valence-corrected chi connectivity index (χ3v) is 6.11. The highest BCUT2D eigenvalue weighted by molar-refractivity contribution is 7.89. The van der Waals surface area contributed by atoms with Crippen molar-refractivity contribution in [1.82, 2.24) is 14.1 Å². The van der Waals surface area contributed by atoms with Gasteiger partial charge in [0.2, 0.25) is 10.0 Å². The second-order valence-corrected chi connectivity index (χ2v) is 7.78. The number of rotatable bonds is 4. The van der Waals surface area contributed by atoms with Gasteiger partial charge in [-0.1, -0.05) is 12.1 Å². The summed E-state index contributed by atoms with van der Waals surface area (Å²) in [6, 6.07) is 6.11. The van der Waals surface area contributed by atoms with Gasteiger partial charge in [0.15, 0.2) is 5.78 Å². The topological polar surface area (TPSA) is 75.5 Å². The molecule has 3 rings (SSSR count). The molecule has 8 heteroatoms. The number of hydrogen-bond acceptors (Lipinski definition) is 5. The molecule has 7 nitrogen and oxygen atoms in total. The van der Waals surface area contributed by atoms with E-state index < -0.39 is 10.0 Å². The van der Waals surface area contributed by atoms with E-state index in [2.05, 4.69) is 10.00 Å². The standard InChI is InChI=1S/C16H20N4O3S/c1-13(21)14-3-5-16(6-4-14)24(22,23)20-9-7-19(8-10-20)15-11-17-18(2)12-15/h3-6,11-12H,7-10H2,1-2H3. The van der Waals surface area contributed by atoms with E-state index in [0.717, 1.165) is 5.69 Å². The van der Waals surface area contributed by atoms with E-state index in [0.29, 0.717) is 31.7 Å². The molecule has 0 atom stereocenters. The van der Waals surface area contributed by atoms with Crippen LogP contribution >= 0.6 is 0 Å². The average molecular weight is 348 g/mol. The van der Waals surface area contributed by atoms with Gasteiger partial charge in [0.05, 0.1) is 16.8 Å². The maximum Gasteiger partial charge on any atom is 0.243 e. The second-order valence-electron chi connectivity index (χ2n) is 5.84. The van der Waals surface area contributed by atoms with Crippen molar-refractivity contribution in [2.45, 2.75) is 11.8 Å². The molecule has 128 valence electrons. The molecule has 2 aromatic rings. The summed E-state index contributed by atoms with van der Waals surface area (Å²) in [5.74, 6) is -0.0796. The number of benzene rings is 1. The number of Topliss-reactive ketones (excluding diaryl/α,β-unsaturated/α-hetero) is 1. The number of aromatic nitrogens is 2. The maximum atomic E-state index is 12.7. The van der Waals surface area contributed by atoms with Gasteiger partial charge in [-0.05, 0) is 19.1 Å². The van der Waals surface area contributed by atoms with Crippen molar-refractivity contribution in [3.63, 3.8) is 0 Å². The van der Waals surface area contributed by atoms with Gasteiger partial charge in [-0.3, -0.25) is 9.48 Å². The number of ketones is 1. The van der Waals surface area contributed by atoms with Crippen molar-refractivity contribution in [3.05, 3.63) is 42.2 Å². The monoisotopic (exact) mass is 348 g/mol. The summed E-state index contributed by atoms with van der Waals surface area (Å²) >= 11 is 0. The van der Waals surface area contributed by atoms with E-state index in [4.69, 9.17) is 0 Å². The molecule has 0 aliphatic carbocycles. The van der Waals surface area contributed by atoms with Gasteiger partial charge in [-0.15, -0.1) is 0 Å². The minimum Gasteiger partial charge on any atom is -0.366 e. The highest BCUT2D eigenvalue weighted by Crippen LogP contribution is 2.21.